The summed E-state index contributed by atoms with van der Waals surface area (Å²) in [5.74, 6) is -2.30. The van der Waals surface area contributed by atoms with E-state index in [1.54, 1.807) is 58.3 Å². The van der Waals surface area contributed by atoms with Gasteiger partial charge in [-0.3, -0.25) is 24.2 Å². The zero-order valence-corrected chi connectivity index (χ0v) is 53.6. The van der Waals surface area contributed by atoms with Crippen molar-refractivity contribution in [3.05, 3.63) is 123 Å². The number of rotatable bonds is 9. The molecular formula is C56H69B2Br2F4IN8O8. The first kappa shape index (κ1) is 68.2. The average molecular weight is 1370 g/mol. The van der Waals surface area contributed by atoms with Gasteiger partial charge in [-0.15, -0.1) is 0 Å². The molecule has 2 saturated heterocycles. The largest absolute Gasteiger partial charge is 0.494 e. The van der Waals surface area contributed by atoms with E-state index in [2.05, 4.69) is 90.7 Å². The van der Waals surface area contributed by atoms with Crippen molar-refractivity contribution in [3.8, 4) is 0 Å². The molecule has 4 heterocycles. The third kappa shape index (κ3) is 19.1. The van der Waals surface area contributed by atoms with Gasteiger partial charge in [0.1, 0.15) is 39.1 Å². The molecule has 0 spiro atoms. The standard InChI is InChI=1S/C16H23BFNO3.C14H19BFNO3.C10H11BrFNO.C8H7BrFNO.C8H9IN4/c1-10(2)14(20)19-13-8-7-11(9-12(13)18)17-21-15(3,4)16(5,6)22-17;1-9(18)17-12-7-6-10(8-11(12)16)15-19-13(2,3)14(4,5)20-15;1-6(2)10(14)13-9-4-3-7(11)5-8(9)12;1-5(12)11-8-3-2-6(9)4-7(8)10;1-13(2)8-6-5(11-4-12-8)3-10-7(6)9/h7-10H,1-6H3,(H,19,20);6-8H,1-5H3,(H,17,18);3-6H,1-2H3,(H,13,14);2-4H,1H3,(H,11,12);4H,3H2,1-2H3. The van der Waals surface area contributed by atoms with Gasteiger partial charge in [-0.2, -0.15) is 0 Å². The number of amides is 4. The zero-order chi connectivity index (χ0) is 61.1. The number of aliphatic imine (C=N–C) groups is 1. The number of hydrogen-bond acceptors (Lipinski definition) is 12. The van der Waals surface area contributed by atoms with Crippen molar-refractivity contribution in [2.24, 2.45) is 16.8 Å². The van der Waals surface area contributed by atoms with Crippen molar-refractivity contribution in [3.63, 3.8) is 0 Å². The van der Waals surface area contributed by atoms with Gasteiger partial charge in [0.2, 0.25) is 23.6 Å². The van der Waals surface area contributed by atoms with Gasteiger partial charge in [0.15, 0.2) is 0 Å². The number of hydrogen-bond donors (Lipinski definition) is 4. The molecule has 3 aliphatic rings. The zero-order valence-electron chi connectivity index (χ0n) is 48.2. The van der Waals surface area contributed by atoms with E-state index in [4.69, 9.17) is 18.6 Å². The molecule has 0 bridgehead atoms. The van der Waals surface area contributed by atoms with Crippen LogP contribution >= 0.6 is 54.5 Å². The molecule has 8 rings (SSSR count). The molecule has 3 aliphatic heterocycles. The molecule has 436 valence electrons. The van der Waals surface area contributed by atoms with Crippen LogP contribution in [0.1, 0.15) is 108 Å². The highest BCUT2D eigenvalue weighted by molar-refractivity contribution is 14.1. The second-order valence-electron chi connectivity index (χ2n) is 21.6. The van der Waals surface area contributed by atoms with E-state index in [0.29, 0.717) is 26.4 Å². The monoisotopic (exact) mass is 1360 g/mol. The topological polar surface area (TPSA) is 195 Å². The van der Waals surface area contributed by atoms with E-state index in [1.165, 1.54) is 62.4 Å². The van der Waals surface area contributed by atoms with Gasteiger partial charge in [0.25, 0.3) is 0 Å². The first-order valence-electron chi connectivity index (χ1n) is 25.5. The Kier molecular flexibility index (Phi) is 24.2. The second kappa shape index (κ2) is 28.8. The van der Waals surface area contributed by atoms with Gasteiger partial charge < -0.3 is 44.8 Å². The van der Waals surface area contributed by atoms with Crippen LogP contribution in [0.3, 0.4) is 0 Å². The normalized spacial score (nSPS) is 15.7. The maximum atomic E-state index is 14.2. The number of fused-ring (bicyclic) bond motifs is 1. The van der Waals surface area contributed by atoms with Crippen LogP contribution in [-0.4, -0.2) is 88.1 Å². The summed E-state index contributed by atoms with van der Waals surface area (Å²) in [6, 6.07) is 18.1. The van der Waals surface area contributed by atoms with E-state index in [-0.39, 0.29) is 58.2 Å². The van der Waals surface area contributed by atoms with Gasteiger partial charge >= 0.3 is 14.2 Å². The van der Waals surface area contributed by atoms with Crippen molar-refractivity contribution in [1.82, 2.24) is 9.97 Å². The van der Waals surface area contributed by atoms with E-state index in [9.17, 15) is 36.7 Å². The summed E-state index contributed by atoms with van der Waals surface area (Å²) in [7, 11) is 2.73. The first-order chi connectivity index (χ1) is 37.4. The van der Waals surface area contributed by atoms with Crippen molar-refractivity contribution >= 4 is 136 Å². The lowest BCUT2D eigenvalue weighted by atomic mass is 9.79. The maximum Gasteiger partial charge on any atom is 0.494 e. The molecule has 0 aliphatic carbocycles. The summed E-state index contributed by atoms with van der Waals surface area (Å²) in [6.45, 7) is 25.9. The summed E-state index contributed by atoms with van der Waals surface area (Å²) < 4.78 is 80.1. The van der Waals surface area contributed by atoms with Crippen LogP contribution in [-0.2, 0) is 44.3 Å². The quantitative estimate of drug-likeness (QED) is 0.0623. The molecule has 5 aromatic rings. The van der Waals surface area contributed by atoms with E-state index >= 15 is 0 Å². The Hall–Kier alpha value is -5.31. The summed E-state index contributed by atoms with van der Waals surface area (Å²) >= 11 is 8.47. The molecule has 4 amide bonds. The first-order valence-corrected chi connectivity index (χ1v) is 28.2. The Bertz CT molecular complexity index is 3090. The number of nitrogens with one attached hydrogen (secondary N) is 4. The Morgan fingerprint density at radius 2 is 0.901 bits per heavy atom. The minimum absolute atomic E-state index is 0.151. The average Bonchev–Trinajstić information content (AvgIpc) is 4.19. The third-order valence-corrected chi connectivity index (χ3v) is 14.9. The highest BCUT2D eigenvalue weighted by Gasteiger charge is 2.53. The molecule has 25 heteroatoms. The maximum absolute atomic E-state index is 14.2. The SMILES string of the molecule is CC(=O)Nc1ccc(B2OC(C)(C)C(C)(C)O2)cc1F.CC(=O)Nc1ccc(Br)cc1F.CC(C)C(=O)Nc1ccc(B2OC(C)(C)C(C)(C)O2)cc1F.CC(C)C(=O)Nc1ccc(Br)cc1F.CN(C)c1ncnc2c1C(I)=NC2. The van der Waals surface area contributed by atoms with Gasteiger partial charge in [-0.05, 0) is 150 Å². The van der Waals surface area contributed by atoms with Crippen LogP contribution in [0.4, 0.5) is 46.1 Å². The second-order valence-corrected chi connectivity index (χ2v) is 24.4. The van der Waals surface area contributed by atoms with E-state index in [1.807, 2.05) is 74.4 Å². The number of aromatic nitrogens is 2. The molecule has 0 unspecified atom stereocenters. The highest BCUT2D eigenvalue weighted by atomic mass is 127. The van der Waals surface area contributed by atoms with Crippen LogP contribution in [0.25, 0.3) is 0 Å². The van der Waals surface area contributed by atoms with Gasteiger partial charge in [0.05, 0.1) is 63.0 Å². The molecule has 4 aromatic carbocycles. The van der Waals surface area contributed by atoms with Crippen LogP contribution in [0, 0.1) is 35.1 Å². The smallest absolute Gasteiger partial charge is 0.399 e. The molecule has 0 atom stereocenters. The predicted octanol–water partition coefficient (Wildman–Crippen LogP) is 11.8. The molecule has 0 radical (unpaired) electrons. The lowest BCUT2D eigenvalue weighted by molar-refractivity contribution is -0.119. The lowest BCUT2D eigenvalue weighted by Gasteiger charge is -2.32. The summed E-state index contributed by atoms with van der Waals surface area (Å²) in [5.41, 5.74) is 2.16. The summed E-state index contributed by atoms with van der Waals surface area (Å²) in [6.07, 6.45) is 1.60. The van der Waals surface area contributed by atoms with Crippen LogP contribution in [0.5, 0.6) is 0 Å². The Morgan fingerprint density at radius 3 is 1.21 bits per heavy atom. The molecule has 1 aromatic heterocycles. The van der Waals surface area contributed by atoms with Gasteiger partial charge in [-0.25, -0.2) is 27.5 Å². The summed E-state index contributed by atoms with van der Waals surface area (Å²) in [5, 5.41) is 9.86. The van der Waals surface area contributed by atoms with Crippen LogP contribution in [0.15, 0.2) is 93.1 Å². The predicted molar refractivity (Wildman–Crippen MR) is 329 cm³/mol. The highest BCUT2D eigenvalue weighted by Crippen LogP contribution is 2.38. The molecule has 81 heavy (non-hydrogen) atoms. The van der Waals surface area contributed by atoms with Crippen molar-refractivity contribution in [2.45, 2.75) is 126 Å². The van der Waals surface area contributed by atoms with E-state index < -0.39 is 59.9 Å². The minimum atomic E-state index is -0.616. The number of benzene rings is 4. The fraction of sp³-hybridized carbons (Fsp3) is 0.411. The molecule has 0 saturated carbocycles. The molecular weight excluding hydrogens is 1300 g/mol. The third-order valence-electron chi connectivity index (χ3n) is 13.0. The minimum Gasteiger partial charge on any atom is -0.399 e. The number of anilines is 5. The number of halogens is 7. The number of carbonyl (C=O) groups is 4. The fourth-order valence-corrected chi connectivity index (χ4v) is 8.33. The fourth-order valence-electron chi connectivity index (χ4n) is 6.94. The Labute approximate surface area is 503 Å². The van der Waals surface area contributed by atoms with Gasteiger partial charge in [-0.1, -0.05) is 71.7 Å². The molecule has 16 nitrogen and oxygen atoms in total. The lowest BCUT2D eigenvalue weighted by Crippen LogP contribution is -2.41. The van der Waals surface area contributed by atoms with Crippen molar-refractivity contribution < 1.29 is 55.4 Å². The van der Waals surface area contributed by atoms with Crippen LogP contribution in [0.2, 0.25) is 0 Å². The Morgan fingerprint density at radius 1 is 0.568 bits per heavy atom. The van der Waals surface area contributed by atoms with Crippen LogP contribution < -0.4 is 37.1 Å². The van der Waals surface area contributed by atoms with Crippen molar-refractivity contribution in [1.29, 1.82) is 0 Å². The molecule has 4 N–H and O–H groups in total. The number of carbonyl (C=O) groups excluding carboxylic acids is 4. The van der Waals surface area contributed by atoms with Crippen molar-refractivity contribution in [2.75, 3.05) is 40.3 Å². The van der Waals surface area contributed by atoms with E-state index in [0.717, 1.165) is 20.8 Å². The number of nitrogens with zero attached hydrogens (tertiary/aromatic N) is 4. The molecule has 2 fully saturated rings. The summed E-state index contributed by atoms with van der Waals surface area (Å²) in [4.78, 5) is 59.2. The van der Waals surface area contributed by atoms with Gasteiger partial charge in [0, 0.05) is 48.7 Å². The Balaban J connectivity index is 0.000000222.